The van der Waals surface area contributed by atoms with Gasteiger partial charge in [-0.1, -0.05) is 6.92 Å². The number of carbonyl (C=O) groups is 1. The summed E-state index contributed by atoms with van der Waals surface area (Å²) >= 11 is 0. The third-order valence-electron chi connectivity index (χ3n) is 2.89. The predicted octanol–water partition coefficient (Wildman–Crippen LogP) is 1.76. The number of aryl methyl sites for hydroxylation is 1. The van der Waals surface area contributed by atoms with Gasteiger partial charge in [0.25, 0.3) is 0 Å². The van der Waals surface area contributed by atoms with Gasteiger partial charge in [-0.3, -0.25) is 9.78 Å². The van der Waals surface area contributed by atoms with Gasteiger partial charge in [-0.2, -0.15) is 0 Å². The summed E-state index contributed by atoms with van der Waals surface area (Å²) in [5, 5.41) is 9.10. The zero-order valence-corrected chi connectivity index (χ0v) is 8.16. The molecule has 3 nitrogen and oxygen atoms in total. The average Bonchev–Trinajstić information content (AvgIpc) is 2.98. The molecule has 0 aromatic carbocycles. The summed E-state index contributed by atoms with van der Waals surface area (Å²) in [5.41, 5.74) is 1.29. The Morgan fingerprint density at radius 3 is 2.86 bits per heavy atom. The second-order valence-electron chi connectivity index (χ2n) is 3.78. The summed E-state index contributed by atoms with van der Waals surface area (Å²) < 4.78 is 0. The van der Waals surface area contributed by atoms with E-state index in [1.54, 1.807) is 6.20 Å². The van der Waals surface area contributed by atoms with Crippen molar-refractivity contribution < 1.29 is 9.90 Å². The molecule has 0 amide bonds. The predicted molar refractivity (Wildman–Crippen MR) is 52.2 cm³/mol. The minimum absolute atomic E-state index is 0.590. The van der Waals surface area contributed by atoms with Crippen molar-refractivity contribution in [2.45, 2.75) is 31.6 Å². The van der Waals surface area contributed by atoms with Crippen molar-refractivity contribution in [3.63, 3.8) is 0 Å². The number of hydrogen-bond donors (Lipinski definition) is 1. The number of nitrogens with zero attached hydrogens (tertiary/aromatic N) is 1. The Hall–Kier alpha value is -1.38. The molecule has 0 radical (unpaired) electrons. The summed E-state index contributed by atoms with van der Waals surface area (Å²) in [4.78, 5) is 15.2. The molecule has 1 aromatic rings. The molecule has 0 unspecified atom stereocenters. The lowest BCUT2D eigenvalue weighted by Crippen LogP contribution is -2.19. The monoisotopic (exact) mass is 191 g/mol. The first-order valence-electron chi connectivity index (χ1n) is 4.88. The molecule has 2 rings (SSSR count). The molecule has 0 saturated heterocycles. The molecule has 0 bridgehead atoms. The maximum Gasteiger partial charge on any atom is 0.314 e. The molecule has 14 heavy (non-hydrogen) atoms. The first-order chi connectivity index (χ1) is 6.69. The van der Waals surface area contributed by atoms with E-state index in [1.165, 1.54) is 0 Å². The Morgan fingerprint density at radius 2 is 2.36 bits per heavy atom. The summed E-state index contributed by atoms with van der Waals surface area (Å²) in [5.74, 6) is -0.703. The van der Waals surface area contributed by atoms with Crippen LogP contribution in [0.15, 0.2) is 18.3 Å². The highest BCUT2D eigenvalue weighted by Gasteiger charge is 2.51. The van der Waals surface area contributed by atoms with E-state index in [1.807, 2.05) is 19.1 Å². The van der Waals surface area contributed by atoms with Crippen LogP contribution < -0.4 is 0 Å². The van der Waals surface area contributed by atoms with Crippen molar-refractivity contribution in [3.8, 4) is 0 Å². The maximum atomic E-state index is 11.1. The van der Waals surface area contributed by atoms with Gasteiger partial charge >= 0.3 is 5.97 Å². The smallest absolute Gasteiger partial charge is 0.314 e. The Kier molecular flexibility index (Phi) is 2.02. The first-order valence-corrected chi connectivity index (χ1v) is 4.88. The number of hydrogen-bond acceptors (Lipinski definition) is 2. The van der Waals surface area contributed by atoms with E-state index in [-0.39, 0.29) is 0 Å². The van der Waals surface area contributed by atoms with E-state index in [9.17, 15) is 4.79 Å². The minimum Gasteiger partial charge on any atom is -0.481 e. The highest BCUT2D eigenvalue weighted by molar-refractivity contribution is 5.84. The van der Waals surface area contributed by atoms with Crippen LogP contribution >= 0.6 is 0 Å². The lowest BCUT2D eigenvalue weighted by atomic mass is 9.96. The van der Waals surface area contributed by atoms with Crippen molar-refractivity contribution in [2.24, 2.45) is 0 Å². The van der Waals surface area contributed by atoms with Crippen LogP contribution in [0, 0.1) is 0 Å². The van der Waals surface area contributed by atoms with Crippen LogP contribution in [0.25, 0.3) is 0 Å². The number of carboxylic acid groups (broad SMARTS) is 1. The first kappa shape index (κ1) is 9.19. The summed E-state index contributed by atoms with van der Waals surface area (Å²) in [6, 6.07) is 3.74. The Morgan fingerprint density at radius 1 is 1.64 bits per heavy atom. The molecule has 74 valence electrons. The van der Waals surface area contributed by atoms with Crippen LogP contribution in [-0.2, 0) is 16.6 Å². The van der Waals surface area contributed by atoms with Crippen LogP contribution in [0.3, 0.4) is 0 Å². The van der Waals surface area contributed by atoms with Crippen LogP contribution in [0.4, 0.5) is 0 Å². The molecule has 1 aromatic heterocycles. The molecular weight excluding hydrogens is 178 g/mol. The normalized spacial score (nSPS) is 17.8. The van der Waals surface area contributed by atoms with E-state index in [0.717, 1.165) is 30.5 Å². The molecule has 1 fully saturated rings. The lowest BCUT2D eigenvalue weighted by Gasteiger charge is -2.10. The van der Waals surface area contributed by atoms with Gasteiger partial charge in [-0.25, -0.2) is 0 Å². The summed E-state index contributed by atoms with van der Waals surface area (Å²) in [6.07, 6.45) is 4.08. The number of rotatable bonds is 3. The topological polar surface area (TPSA) is 50.2 Å². The molecule has 3 heteroatoms. The zero-order valence-electron chi connectivity index (χ0n) is 8.16. The van der Waals surface area contributed by atoms with Gasteiger partial charge in [0.1, 0.15) is 0 Å². The Balaban J connectivity index is 2.37. The number of pyridine rings is 1. The van der Waals surface area contributed by atoms with E-state index in [4.69, 9.17) is 5.11 Å². The van der Waals surface area contributed by atoms with Crippen LogP contribution in [0.2, 0.25) is 0 Å². The SMILES string of the molecule is CCc1cc(C2(C(=O)O)CC2)ccn1. The fourth-order valence-corrected chi connectivity index (χ4v) is 1.72. The van der Waals surface area contributed by atoms with Crippen LogP contribution in [0.5, 0.6) is 0 Å². The van der Waals surface area contributed by atoms with Crippen molar-refractivity contribution in [1.82, 2.24) is 4.98 Å². The highest BCUT2D eigenvalue weighted by Crippen LogP contribution is 2.48. The summed E-state index contributed by atoms with van der Waals surface area (Å²) in [7, 11) is 0. The molecule has 1 aliphatic rings. The van der Waals surface area contributed by atoms with E-state index < -0.39 is 11.4 Å². The maximum absolute atomic E-state index is 11.1. The minimum atomic E-state index is -0.703. The fraction of sp³-hybridized carbons (Fsp3) is 0.455. The molecule has 0 atom stereocenters. The van der Waals surface area contributed by atoms with Crippen molar-refractivity contribution in [3.05, 3.63) is 29.6 Å². The third-order valence-corrected chi connectivity index (χ3v) is 2.89. The molecule has 1 aliphatic carbocycles. The second kappa shape index (κ2) is 3.08. The lowest BCUT2D eigenvalue weighted by molar-refractivity contribution is -0.140. The largest absolute Gasteiger partial charge is 0.481 e. The van der Waals surface area contributed by atoms with Gasteiger partial charge in [-0.15, -0.1) is 0 Å². The molecule has 1 N–H and O–H groups in total. The average molecular weight is 191 g/mol. The van der Waals surface area contributed by atoms with Gasteiger partial charge in [-0.05, 0) is 37.0 Å². The van der Waals surface area contributed by atoms with Gasteiger partial charge < -0.3 is 5.11 Å². The molecule has 0 aliphatic heterocycles. The van der Waals surface area contributed by atoms with Crippen LogP contribution in [-0.4, -0.2) is 16.1 Å². The van der Waals surface area contributed by atoms with E-state index >= 15 is 0 Å². The van der Waals surface area contributed by atoms with E-state index in [2.05, 4.69) is 4.98 Å². The standard InChI is InChI=1S/C11H13NO2/c1-2-9-7-8(3-6-12-9)11(4-5-11)10(13)14/h3,6-7H,2,4-5H2,1H3,(H,13,14). The molecule has 1 saturated carbocycles. The van der Waals surface area contributed by atoms with Crippen molar-refractivity contribution >= 4 is 5.97 Å². The molecule has 0 spiro atoms. The van der Waals surface area contributed by atoms with Gasteiger partial charge in [0.05, 0.1) is 5.41 Å². The number of carboxylic acids is 1. The second-order valence-corrected chi connectivity index (χ2v) is 3.78. The third kappa shape index (κ3) is 1.29. The number of aromatic nitrogens is 1. The molecular formula is C11H13NO2. The van der Waals surface area contributed by atoms with Crippen molar-refractivity contribution in [2.75, 3.05) is 0 Å². The number of aliphatic carboxylic acids is 1. The fourth-order valence-electron chi connectivity index (χ4n) is 1.72. The Labute approximate surface area is 82.8 Å². The van der Waals surface area contributed by atoms with Gasteiger partial charge in [0.2, 0.25) is 0 Å². The van der Waals surface area contributed by atoms with Crippen molar-refractivity contribution in [1.29, 1.82) is 0 Å². The van der Waals surface area contributed by atoms with Crippen LogP contribution in [0.1, 0.15) is 31.0 Å². The van der Waals surface area contributed by atoms with Gasteiger partial charge in [0.15, 0.2) is 0 Å². The zero-order chi connectivity index (χ0) is 10.2. The van der Waals surface area contributed by atoms with E-state index in [0.29, 0.717) is 0 Å². The van der Waals surface area contributed by atoms with Gasteiger partial charge in [0, 0.05) is 11.9 Å². The quantitative estimate of drug-likeness (QED) is 0.792. The molecule has 1 heterocycles. The Bertz CT molecular complexity index is 369. The highest BCUT2D eigenvalue weighted by atomic mass is 16.4. The summed E-state index contributed by atoms with van der Waals surface area (Å²) in [6.45, 7) is 2.02.